The molecule has 96 valence electrons. The van der Waals surface area contributed by atoms with Crippen LogP contribution in [0.3, 0.4) is 0 Å². The predicted molar refractivity (Wildman–Crippen MR) is 68.9 cm³/mol. The van der Waals surface area contributed by atoms with Crippen LogP contribution in [0.2, 0.25) is 0 Å². The number of unbranched alkanes of at least 4 members (excludes halogenated alkanes) is 3. The van der Waals surface area contributed by atoms with Gasteiger partial charge in [-0.3, -0.25) is 0 Å². The Morgan fingerprint density at radius 1 is 1.25 bits per heavy atom. The zero-order valence-corrected chi connectivity index (χ0v) is 11.0. The maximum absolute atomic E-state index is 5.40. The third-order valence-electron chi connectivity index (χ3n) is 3.39. The van der Waals surface area contributed by atoms with Crippen molar-refractivity contribution in [2.75, 3.05) is 39.9 Å². The Labute approximate surface area is 101 Å². The molecule has 3 nitrogen and oxygen atoms in total. The van der Waals surface area contributed by atoms with Gasteiger partial charge in [0, 0.05) is 12.6 Å². The second-order valence-electron chi connectivity index (χ2n) is 4.77. The van der Waals surface area contributed by atoms with E-state index in [0.717, 1.165) is 19.8 Å². The van der Waals surface area contributed by atoms with Crippen molar-refractivity contribution in [3.63, 3.8) is 0 Å². The zero-order chi connectivity index (χ0) is 11.6. The highest BCUT2D eigenvalue weighted by atomic mass is 16.5. The average Bonchev–Trinajstić information content (AvgIpc) is 2.81. The monoisotopic (exact) mass is 228 g/mol. The number of likely N-dealkylation sites (N-methyl/N-ethyl adjacent to an activating group) is 1. The number of nitrogens with one attached hydrogen (secondary N) is 1. The second kappa shape index (κ2) is 8.97. The molecule has 1 N–H and O–H groups in total. The third-order valence-corrected chi connectivity index (χ3v) is 3.39. The van der Waals surface area contributed by atoms with Gasteiger partial charge >= 0.3 is 0 Å². The lowest BCUT2D eigenvalue weighted by atomic mass is 10.1. The minimum atomic E-state index is 0.682. The summed E-state index contributed by atoms with van der Waals surface area (Å²) in [5, 5.41) is 3.37. The van der Waals surface area contributed by atoms with Crippen LogP contribution in [0.5, 0.6) is 0 Å². The van der Waals surface area contributed by atoms with E-state index in [2.05, 4.69) is 24.2 Å². The fourth-order valence-corrected chi connectivity index (χ4v) is 2.19. The van der Waals surface area contributed by atoms with E-state index in [1.165, 1.54) is 45.2 Å². The van der Waals surface area contributed by atoms with E-state index in [0.29, 0.717) is 6.04 Å². The minimum Gasteiger partial charge on any atom is -0.380 e. The molecule has 1 atom stereocenters. The molecule has 0 aliphatic carbocycles. The van der Waals surface area contributed by atoms with Crippen molar-refractivity contribution in [2.45, 2.75) is 45.1 Å². The van der Waals surface area contributed by atoms with Crippen LogP contribution in [0.15, 0.2) is 0 Å². The van der Waals surface area contributed by atoms with Crippen LogP contribution in [0, 0.1) is 0 Å². The van der Waals surface area contributed by atoms with Gasteiger partial charge in [-0.1, -0.05) is 19.8 Å². The summed E-state index contributed by atoms with van der Waals surface area (Å²) in [6.07, 6.45) is 6.60. The molecule has 1 fully saturated rings. The van der Waals surface area contributed by atoms with Crippen molar-refractivity contribution in [3.8, 4) is 0 Å². The van der Waals surface area contributed by atoms with Crippen molar-refractivity contribution >= 4 is 0 Å². The molecule has 1 aliphatic heterocycles. The molecule has 0 aromatic heterocycles. The standard InChI is InChI=1S/C13H28N2O/c1-3-14-9-6-4-5-7-10-15(2)13-8-11-16-12-13/h13-14H,3-12H2,1-2H3. The topological polar surface area (TPSA) is 24.5 Å². The number of hydrogen-bond donors (Lipinski definition) is 1. The molecule has 3 heteroatoms. The highest BCUT2D eigenvalue weighted by Gasteiger charge is 2.19. The molecule has 0 amide bonds. The molecule has 0 aromatic carbocycles. The molecule has 0 spiro atoms. The van der Waals surface area contributed by atoms with Crippen LogP contribution in [-0.4, -0.2) is 50.8 Å². The van der Waals surface area contributed by atoms with Crippen LogP contribution >= 0.6 is 0 Å². The summed E-state index contributed by atoms with van der Waals surface area (Å²) in [4.78, 5) is 2.47. The van der Waals surface area contributed by atoms with Crippen LogP contribution in [0.4, 0.5) is 0 Å². The van der Waals surface area contributed by atoms with Gasteiger partial charge in [0.25, 0.3) is 0 Å². The molecule has 0 radical (unpaired) electrons. The average molecular weight is 228 g/mol. The molecule has 0 bridgehead atoms. The normalized spacial score (nSPS) is 20.8. The maximum Gasteiger partial charge on any atom is 0.0622 e. The van der Waals surface area contributed by atoms with Crippen LogP contribution < -0.4 is 5.32 Å². The van der Waals surface area contributed by atoms with Gasteiger partial charge in [-0.15, -0.1) is 0 Å². The summed E-state index contributed by atoms with van der Waals surface area (Å²) in [7, 11) is 2.23. The first kappa shape index (κ1) is 13.9. The molecule has 1 heterocycles. The summed E-state index contributed by atoms with van der Waals surface area (Å²) < 4.78 is 5.40. The molecule has 0 aromatic rings. The van der Waals surface area contributed by atoms with Crippen LogP contribution in [-0.2, 0) is 4.74 Å². The van der Waals surface area contributed by atoms with Crippen molar-refractivity contribution in [1.29, 1.82) is 0 Å². The smallest absolute Gasteiger partial charge is 0.0622 e. The van der Waals surface area contributed by atoms with E-state index in [1.807, 2.05) is 0 Å². The van der Waals surface area contributed by atoms with Crippen LogP contribution in [0.25, 0.3) is 0 Å². The number of ether oxygens (including phenoxy) is 1. The molecule has 1 saturated heterocycles. The largest absolute Gasteiger partial charge is 0.380 e. The Kier molecular flexibility index (Phi) is 7.81. The predicted octanol–water partition coefficient (Wildman–Crippen LogP) is 1.88. The van der Waals surface area contributed by atoms with E-state index in [4.69, 9.17) is 4.74 Å². The summed E-state index contributed by atoms with van der Waals surface area (Å²) in [6, 6.07) is 0.682. The van der Waals surface area contributed by atoms with E-state index >= 15 is 0 Å². The van der Waals surface area contributed by atoms with Crippen LogP contribution in [0.1, 0.15) is 39.0 Å². The molecule has 16 heavy (non-hydrogen) atoms. The Balaban J connectivity index is 1.86. The van der Waals surface area contributed by atoms with Gasteiger partial charge in [-0.25, -0.2) is 0 Å². The lowest BCUT2D eigenvalue weighted by Gasteiger charge is -2.22. The highest BCUT2D eigenvalue weighted by molar-refractivity contribution is 4.72. The Hall–Kier alpha value is -0.120. The number of nitrogens with zero attached hydrogens (tertiary/aromatic N) is 1. The van der Waals surface area contributed by atoms with E-state index in [1.54, 1.807) is 0 Å². The van der Waals surface area contributed by atoms with Gasteiger partial charge in [-0.2, -0.15) is 0 Å². The SMILES string of the molecule is CCNCCCCCCN(C)C1CCOC1. The Morgan fingerprint density at radius 3 is 2.75 bits per heavy atom. The molecular formula is C13H28N2O. The van der Waals surface area contributed by atoms with Gasteiger partial charge in [0.2, 0.25) is 0 Å². The highest BCUT2D eigenvalue weighted by Crippen LogP contribution is 2.11. The molecule has 0 saturated carbocycles. The molecule has 1 unspecified atom stereocenters. The Morgan fingerprint density at radius 2 is 2.06 bits per heavy atom. The first-order valence-corrected chi connectivity index (χ1v) is 6.83. The quantitative estimate of drug-likeness (QED) is 0.610. The van der Waals surface area contributed by atoms with Gasteiger partial charge < -0.3 is 15.0 Å². The van der Waals surface area contributed by atoms with E-state index < -0.39 is 0 Å². The van der Waals surface area contributed by atoms with Gasteiger partial charge in [0.05, 0.1) is 6.61 Å². The summed E-state index contributed by atoms with van der Waals surface area (Å²) in [5.41, 5.74) is 0. The van der Waals surface area contributed by atoms with Crippen molar-refractivity contribution in [1.82, 2.24) is 10.2 Å². The zero-order valence-electron chi connectivity index (χ0n) is 11.0. The lowest BCUT2D eigenvalue weighted by molar-refractivity contribution is 0.158. The van der Waals surface area contributed by atoms with E-state index in [9.17, 15) is 0 Å². The summed E-state index contributed by atoms with van der Waals surface area (Å²) >= 11 is 0. The van der Waals surface area contributed by atoms with Crippen molar-refractivity contribution in [3.05, 3.63) is 0 Å². The second-order valence-corrected chi connectivity index (χ2v) is 4.77. The minimum absolute atomic E-state index is 0.682. The molecule has 1 aliphatic rings. The fourth-order valence-electron chi connectivity index (χ4n) is 2.19. The first-order chi connectivity index (χ1) is 7.84. The van der Waals surface area contributed by atoms with E-state index in [-0.39, 0.29) is 0 Å². The van der Waals surface area contributed by atoms with Gasteiger partial charge in [-0.05, 0) is 45.9 Å². The Bertz CT molecular complexity index is 158. The third kappa shape index (κ3) is 5.83. The number of rotatable bonds is 9. The number of hydrogen-bond acceptors (Lipinski definition) is 3. The molecular weight excluding hydrogens is 200 g/mol. The lowest BCUT2D eigenvalue weighted by Crippen LogP contribution is -2.32. The summed E-state index contributed by atoms with van der Waals surface area (Å²) in [6.45, 7) is 7.58. The van der Waals surface area contributed by atoms with Gasteiger partial charge in [0.15, 0.2) is 0 Å². The maximum atomic E-state index is 5.40. The fraction of sp³-hybridized carbons (Fsp3) is 1.00. The van der Waals surface area contributed by atoms with Crippen molar-refractivity contribution in [2.24, 2.45) is 0 Å². The van der Waals surface area contributed by atoms with Crippen molar-refractivity contribution < 1.29 is 4.74 Å². The first-order valence-electron chi connectivity index (χ1n) is 6.83. The van der Waals surface area contributed by atoms with Gasteiger partial charge in [0.1, 0.15) is 0 Å². The molecule has 1 rings (SSSR count). The summed E-state index contributed by atoms with van der Waals surface area (Å²) in [5.74, 6) is 0.